The zero-order valence-corrected chi connectivity index (χ0v) is 14.8. The number of hydrazine groups is 1. The van der Waals surface area contributed by atoms with Crippen LogP contribution in [0.25, 0.3) is 0 Å². The Morgan fingerprint density at radius 2 is 1.58 bits per heavy atom. The maximum atomic E-state index is 11.6. The largest absolute Gasteiger partial charge is 0.484 e. The normalized spacial score (nSPS) is 9.92. The topological polar surface area (TPSA) is 76.7 Å². The van der Waals surface area contributed by atoms with E-state index >= 15 is 0 Å². The molecule has 0 saturated carbocycles. The van der Waals surface area contributed by atoms with Crippen LogP contribution in [0.5, 0.6) is 11.5 Å². The smallest absolute Gasteiger partial charge is 0.276 e. The van der Waals surface area contributed by atoms with Crippen LogP contribution in [0.15, 0.2) is 53.0 Å². The van der Waals surface area contributed by atoms with Gasteiger partial charge in [-0.15, -0.1) is 0 Å². The number of halogens is 2. The number of benzene rings is 2. The molecule has 0 spiro atoms. The number of para-hydroxylation sites is 1. The molecule has 0 fully saturated rings. The van der Waals surface area contributed by atoms with Gasteiger partial charge in [-0.1, -0.05) is 29.8 Å². The second-order valence-corrected chi connectivity index (χ2v) is 5.85. The van der Waals surface area contributed by atoms with Crippen molar-refractivity contribution >= 4 is 39.3 Å². The Morgan fingerprint density at radius 1 is 0.958 bits per heavy atom. The predicted octanol–water partition coefficient (Wildman–Crippen LogP) is 2.71. The van der Waals surface area contributed by atoms with Gasteiger partial charge in [0, 0.05) is 5.02 Å². The first-order valence-corrected chi connectivity index (χ1v) is 8.05. The van der Waals surface area contributed by atoms with Crippen molar-refractivity contribution in [3.63, 3.8) is 0 Å². The summed E-state index contributed by atoms with van der Waals surface area (Å²) in [6.45, 7) is -0.478. The van der Waals surface area contributed by atoms with Gasteiger partial charge in [-0.05, 0) is 46.3 Å². The third-order valence-corrected chi connectivity index (χ3v) is 3.56. The molecular formula is C16H14BrClN2O4. The number of carbonyl (C=O) groups excluding carboxylic acids is 2. The van der Waals surface area contributed by atoms with Crippen LogP contribution in [0.3, 0.4) is 0 Å². The minimum absolute atomic E-state index is 0.214. The van der Waals surface area contributed by atoms with Crippen molar-refractivity contribution in [2.24, 2.45) is 0 Å². The summed E-state index contributed by atoms with van der Waals surface area (Å²) < 4.78 is 11.2. The molecule has 8 heteroatoms. The van der Waals surface area contributed by atoms with E-state index in [2.05, 4.69) is 26.8 Å². The van der Waals surface area contributed by atoms with Gasteiger partial charge in [0.15, 0.2) is 13.2 Å². The standard InChI is InChI=1S/C16H14BrClN2O4/c17-13-8-11(18)6-7-14(13)24-10-16(22)20-19-15(21)9-23-12-4-2-1-3-5-12/h1-8H,9-10H2,(H,19,21)(H,20,22). The van der Waals surface area contributed by atoms with Gasteiger partial charge < -0.3 is 9.47 Å². The monoisotopic (exact) mass is 412 g/mol. The fourth-order valence-corrected chi connectivity index (χ4v) is 2.41. The predicted molar refractivity (Wildman–Crippen MR) is 92.9 cm³/mol. The highest BCUT2D eigenvalue weighted by Gasteiger charge is 2.08. The number of nitrogens with one attached hydrogen (secondary N) is 2. The van der Waals surface area contributed by atoms with E-state index in [-0.39, 0.29) is 13.2 Å². The average molecular weight is 414 g/mol. The minimum Gasteiger partial charge on any atom is -0.484 e. The summed E-state index contributed by atoms with van der Waals surface area (Å²) in [5.41, 5.74) is 4.47. The zero-order chi connectivity index (χ0) is 17.4. The van der Waals surface area contributed by atoms with Gasteiger partial charge in [0.05, 0.1) is 4.47 Å². The number of carbonyl (C=O) groups is 2. The number of amides is 2. The molecule has 0 atom stereocenters. The lowest BCUT2D eigenvalue weighted by atomic mass is 10.3. The second-order valence-electron chi connectivity index (χ2n) is 4.56. The summed E-state index contributed by atoms with van der Waals surface area (Å²) in [7, 11) is 0. The van der Waals surface area contributed by atoms with Crippen molar-refractivity contribution in [1.82, 2.24) is 10.9 Å². The van der Waals surface area contributed by atoms with Gasteiger partial charge in [-0.3, -0.25) is 20.4 Å². The lowest BCUT2D eigenvalue weighted by Crippen LogP contribution is -2.45. The zero-order valence-electron chi connectivity index (χ0n) is 12.4. The molecule has 0 aliphatic heterocycles. The third-order valence-electron chi connectivity index (χ3n) is 2.71. The molecule has 0 saturated heterocycles. The maximum absolute atomic E-state index is 11.6. The number of hydrogen-bond donors (Lipinski definition) is 2. The summed E-state index contributed by atoms with van der Waals surface area (Å²) in [4.78, 5) is 23.2. The molecule has 0 aliphatic rings. The van der Waals surface area contributed by atoms with E-state index in [1.807, 2.05) is 6.07 Å². The third kappa shape index (κ3) is 6.10. The van der Waals surface area contributed by atoms with Crippen LogP contribution >= 0.6 is 27.5 Å². The molecule has 2 rings (SSSR count). The van der Waals surface area contributed by atoms with Gasteiger partial charge in [0.1, 0.15) is 11.5 Å². The fourth-order valence-electron chi connectivity index (χ4n) is 1.61. The summed E-state index contributed by atoms with van der Waals surface area (Å²) in [6.07, 6.45) is 0. The molecule has 2 amide bonds. The van der Waals surface area contributed by atoms with Crippen molar-refractivity contribution in [3.05, 3.63) is 58.0 Å². The van der Waals surface area contributed by atoms with E-state index in [1.165, 1.54) is 0 Å². The lowest BCUT2D eigenvalue weighted by molar-refractivity contribution is -0.131. The van der Waals surface area contributed by atoms with E-state index in [9.17, 15) is 9.59 Å². The van der Waals surface area contributed by atoms with Crippen molar-refractivity contribution < 1.29 is 19.1 Å². The van der Waals surface area contributed by atoms with Crippen LogP contribution in [-0.2, 0) is 9.59 Å². The Kier molecular flexibility index (Phi) is 6.89. The molecular weight excluding hydrogens is 400 g/mol. The fraction of sp³-hybridized carbons (Fsp3) is 0.125. The molecule has 0 radical (unpaired) electrons. The maximum Gasteiger partial charge on any atom is 0.276 e. The Morgan fingerprint density at radius 3 is 2.21 bits per heavy atom. The first-order valence-electron chi connectivity index (χ1n) is 6.88. The quantitative estimate of drug-likeness (QED) is 0.714. The van der Waals surface area contributed by atoms with Crippen molar-refractivity contribution in [2.75, 3.05) is 13.2 Å². The SMILES string of the molecule is O=C(COc1ccccc1)NNC(=O)COc1ccc(Cl)cc1Br. The Bertz CT molecular complexity index is 712. The molecule has 0 aromatic heterocycles. The summed E-state index contributed by atoms with van der Waals surface area (Å²) in [5.74, 6) is 0.0352. The Hall–Kier alpha value is -2.25. The molecule has 0 aliphatic carbocycles. The van der Waals surface area contributed by atoms with Gasteiger partial charge in [-0.2, -0.15) is 0 Å². The number of ether oxygens (including phenoxy) is 2. The molecule has 2 N–H and O–H groups in total. The van der Waals surface area contributed by atoms with Crippen LogP contribution in [0.4, 0.5) is 0 Å². The molecule has 2 aromatic carbocycles. The molecule has 0 unspecified atom stereocenters. The summed E-state index contributed by atoms with van der Waals surface area (Å²) in [6, 6.07) is 13.8. The van der Waals surface area contributed by atoms with Gasteiger partial charge >= 0.3 is 0 Å². The van der Waals surface area contributed by atoms with E-state index in [0.29, 0.717) is 21.0 Å². The highest BCUT2D eigenvalue weighted by atomic mass is 79.9. The molecule has 126 valence electrons. The lowest BCUT2D eigenvalue weighted by Gasteiger charge is -2.10. The van der Waals surface area contributed by atoms with Crippen LogP contribution < -0.4 is 20.3 Å². The Balaban J connectivity index is 1.68. The summed E-state index contributed by atoms with van der Waals surface area (Å²) >= 11 is 9.09. The van der Waals surface area contributed by atoms with E-state index in [4.69, 9.17) is 21.1 Å². The van der Waals surface area contributed by atoms with Gasteiger partial charge in [-0.25, -0.2) is 0 Å². The van der Waals surface area contributed by atoms with E-state index in [1.54, 1.807) is 42.5 Å². The van der Waals surface area contributed by atoms with Crippen molar-refractivity contribution in [1.29, 1.82) is 0 Å². The molecule has 24 heavy (non-hydrogen) atoms. The Labute approximate surface area is 152 Å². The summed E-state index contributed by atoms with van der Waals surface area (Å²) in [5, 5.41) is 0.546. The minimum atomic E-state index is -0.509. The van der Waals surface area contributed by atoms with E-state index < -0.39 is 11.8 Å². The van der Waals surface area contributed by atoms with Crippen LogP contribution in [0.2, 0.25) is 5.02 Å². The molecule has 0 bridgehead atoms. The van der Waals surface area contributed by atoms with Crippen molar-refractivity contribution in [3.8, 4) is 11.5 Å². The first-order chi connectivity index (χ1) is 11.5. The van der Waals surface area contributed by atoms with Crippen molar-refractivity contribution in [2.45, 2.75) is 0 Å². The van der Waals surface area contributed by atoms with Crippen LogP contribution in [0.1, 0.15) is 0 Å². The van der Waals surface area contributed by atoms with Gasteiger partial charge in [0.2, 0.25) is 0 Å². The molecule has 0 heterocycles. The van der Waals surface area contributed by atoms with E-state index in [0.717, 1.165) is 0 Å². The molecule has 6 nitrogen and oxygen atoms in total. The van der Waals surface area contributed by atoms with Crippen LogP contribution in [0, 0.1) is 0 Å². The first kappa shape index (κ1) is 18.1. The highest BCUT2D eigenvalue weighted by molar-refractivity contribution is 9.10. The second kappa shape index (κ2) is 9.14. The average Bonchev–Trinajstić information content (AvgIpc) is 2.58. The number of hydrogen-bond acceptors (Lipinski definition) is 4. The number of rotatable bonds is 6. The van der Waals surface area contributed by atoms with Crippen LogP contribution in [-0.4, -0.2) is 25.0 Å². The highest BCUT2D eigenvalue weighted by Crippen LogP contribution is 2.27. The molecule has 2 aromatic rings. The van der Waals surface area contributed by atoms with Gasteiger partial charge in [0.25, 0.3) is 11.8 Å².